The van der Waals surface area contributed by atoms with Crippen LogP contribution in [0.25, 0.3) is 0 Å². The van der Waals surface area contributed by atoms with Crippen LogP contribution in [0, 0.1) is 5.92 Å². The van der Waals surface area contributed by atoms with Crippen LogP contribution in [-0.4, -0.2) is 45.2 Å². The summed E-state index contributed by atoms with van der Waals surface area (Å²) in [5.41, 5.74) is 5.94. The number of likely N-dealkylation sites (tertiary alicyclic amines) is 1. The summed E-state index contributed by atoms with van der Waals surface area (Å²) in [6.45, 7) is 2.03. The molecule has 2 amide bonds. The van der Waals surface area contributed by atoms with E-state index in [0.29, 0.717) is 12.3 Å². The summed E-state index contributed by atoms with van der Waals surface area (Å²) < 4.78 is 27.1. The highest BCUT2D eigenvalue weighted by molar-refractivity contribution is 7.90. The van der Waals surface area contributed by atoms with Gasteiger partial charge in [-0.25, -0.2) is 17.9 Å². The number of aryl methyl sites for hydroxylation is 2. The maximum absolute atomic E-state index is 12.5. The first kappa shape index (κ1) is 19.7. The normalized spacial score (nSPS) is 20.0. The fraction of sp³-hybridized carbons (Fsp3) is 0.667. The number of fused-ring (bicyclic) bond motifs is 2. The molecule has 0 atom stereocenters. The SMILES string of the molecule is CN1CCC(CCS(=O)(=O)NC(=O)Nc2c3c(cc4c2CCC4)CCC3)CC1. The minimum absolute atomic E-state index is 0.0137. The number of benzene rings is 1. The number of amides is 2. The predicted octanol–water partition coefficient (Wildman–Crippen LogP) is 2.85. The van der Waals surface area contributed by atoms with Crippen LogP contribution in [0.1, 0.15) is 54.4 Å². The molecule has 1 fully saturated rings. The van der Waals surface area contributed by atoms with Gasteiger partial charge < -0.3 is 10.2 Å². The van der Waals surface area contributed by atoms with E-state index in [0.717, 1.165) is 70.1 Å². The van der Waals surface area contributed by atoms with Gasteiger partial charge in [0.2, 0.25) is 10.0 Å². The molecule has 2 N–H and O–H groups in total. The Labute approximate surface area is 168 Å². The number of nitrogens with zero attached hydrogens (tertiary/aromatic N) is 1. The fourth-order valence-corrected chi connectivity index (χ4v) is 6.05. The number of urea groups is 1. The van der Waals surface area contributed by atoms with E-state index < -0.39 is 16.1 Å². The van der Waals surface area contributed by atoms with E-state index in [1.165, 1.54) is 22.3 Å². The lowest BCUT2D eigenvalue weighted by atomic mass is 9.95. The molecule has 3 aliphatic rings. The molecule has 4 rings (SSSR count). The molecule has 0 radical (unpaired) electrons. The zero-order chi connectivity index (χ0) is 19.7. The zero-order valence-electron chi connectivity index (χ0n) is 16.7. The number of carbonyl (C=O) groups is 1. The second kappa shape index (κ2) is 8.03. The van der Waals surface area contributed by atoms with Gasteiger partial charge >= 0.3 is 6.03 Å². The molecule has 0 saturated carbocycles. The standard InChI is InChI=1S/C21H31N3O3S/c1-24-11-8-15(9-12-24)10-13-28(26,27)23-21(25)22-20-18-6-2-4-16(18)14-17-5-3-7-19(17)20/h14-15H,2-13H2,1H3,(H2,22,23,25). The Bertz CT molecular complexity index is 826. The van der Waals surface area contributed by atoms with Crippen LogP contribution in [-0.2, 0) is 35.7 Å². The molecule has 1 aromatic carbocycles. The lowest BCUT2D eigenvalue weighted by Gasteiger charge is -2.28. The quantitative estimate of drug-likeness (QED) is 0.790. The topological polar surface area (TPSA) is 78.5 Å². The second-order valence-corrected chi connectivity index (χ2v) is 10.5. The minimum Gasteiger partial charge on any atom is -0.307 e. The number of hydrogen-bond acceptors (Lipinski definition) is 4. The van der Waals surface area contributed by atoms with Crippen LogP contribution in [0.15, 0.2) is 6.07 Å². The van der Waals surface area contributed by atoms with Gasteiger partial charge in [0.25, 0.3) is 0 Å². The first-order valence-corrected chi connectivity index (χ1v) is 12.2. The molecule has 28 heavy (non-hydrogen) atoms. The van der Waals surface area contributed by atoms with E-state index in [1.54, 1.807) is 0 Å². The van der Waals surface area contributed by atoms with Crippen molar-refractivity contribution in [1.82, 2.24) is 9.62 Å². The van der Waals surface area contributed by atoms with E-state index in [1.807, 2.05) is 0 Å². The third kappa shape index (κ3) is 4.35. The number of sulfonamides is 1. The molecule has 154 valence electrons. The van der Waals surface area contributed by atoms with E-state index in [4.69, 9.17) is 0 Å². The van der Waals surface area contributed by atoms with E-state index >= 15 is 0 Å². The lowest BCUT2D eigenvalue weighted by molar-refractivity contribution is 0.216. The van der Waals surface area contributed by atoms with Crippen molar-refractivity contribution in [2.75, 3.05) is 31.2 Å². The van der Waals surface area contributed by atoms with Gasteiger partial charge in [-0.05, 0) is 106 Å². The molecular weight excluding hydrogens is 374 g/mol. The first-order chi connectivity index (χ1) is 13.4. The summed E-state index contributed by atoms with van der Waals surface area (Å²) >= 11 is 0. The van der Waals surface area contributed by atoms with E-state index in [-0.39, 0.29) is 5.75 Å². The van der Waals surface area contributed by atoms with Gasteiger partial charge in [0.15, 0.2) is 0 Å². The molecule has 6 nitrogen and oxygen atoms in total. The smallest absolute Gasteiger partial charge is 0.307 e. The Morgan fingerprint density at radius 2 is 1.68 bits per heavy atom. The van der Waals surface area contributed by atoms with Crippen molar-refractivity contribution >= 4 is 21.7 Å². The van der Waals surface area contributed by atoms with Crippen molar-refractivity contribution in [3.63, 3.8) is 0 Å². The predicted molar refractivity (Wildman–Crippen MR) is 111 cm³/mol. The van der Waals surface area contributed by atoms with Gasteiger partial charge in [0.1, 0.15) is 0 Å². The summed E-state index contributed by atoms with van der Waals surface area (Å²) in [6.07, 6.45) is 8.89. The Hall–Kier alpha value is -1.60. The molecule has 0 aromatic heterocycles. The average Bonchev–Trinajstić information content (AvgIpc) is 3.29. The molecule has 0 unspecified atom stereocenters. The number of nitrogens with one attached hydrogen (secondary N) is 2. The maximum atomic E-state index is 12.5. The molecule has 7 heteroatoms. The first-order valence-electron chi connectivity index (χ1n) is 10.6. The van der Waals surface area contributed by atoms with Crippen LogP contribution < -0.4 is 10.0 Å². The average molecular weight is 406 g/mol. The third-order valence-corrected chi connectivity index (χ3v) is 7.86. The zero-order valence-corrected chi connectivity index (χ0v) is 17.5. The fourth-order valence-electron chi connectivity index (χ4n) is 4.97. The Kier molecular flexibility index (Phi) is 5.65. The molecule has 0 bridgehead atoms. The van der Waals surface area contributed by atoms with Crippen LogP contribution in [0.4, 0.5) is 10.5 Å². The van der Waals surface area contributed by atoms with Gasteiger partial charge in [-0.3, -0.25) is 0 Å². The number of piperidine rings is 1. The highest BCUT2D eigenvalue weighted by Gasteiger charge is 2.26. The van der Waals surface area contributed by atoms with Crippen LogP contribution in [0.5, 0.6) is 0 Å². The summed E-state index contributed by atoms with van der Waals surface area (Å²) in [5.74, 6) is 0.441. The van der Waals surface area contributed by atoms with E-state index in [9.17, 15) is 13.2 Å². The van der Waals surface area contributed by atoms with Crippen molar-refractivity contribution in [1.29, 1.82) is 0 Å². The lowest BCUT2D eigenvalue weighted by Crippen LogP contribution is -2.37. The van der Waals surface area contributed by atoms with Crippen LogP contribution in [0.2, 0.25) is 0 Å². The molecule has 1 saturated heterocycles. The number of anilines is 1. The van der Waals surface area contributed by atoms with Crippen molar-refractivity contribution in [2.45, 2.75) is 57.8 Å². The van der Waals surface area contributed by atoms with Gasteiger partial charge in [0, 0.05) is 5.69 Å². The monoisotopic (exact) mass is 405 g/mol. The van der Waals surface area contributed by atoms with Crippen LogP contribution >= 0.6 is 0 Å². The van der Waals surface area contributed by atoms with Crippen LogP contribution in [0.3, 0.4) is 0 Å². The third-order valence-electron chi connectivity index (χ3n) is 6.59. The van der Waals surface area contributed by atoms with Crippen molar-refractivity contribution in [3.8, 4) is 0 Å². The molecule has 1 aliphatic heterocycles. The summed E-state index contributed by atoms with van der Waals surface area (Å²) in [6, 6.07) is 1.68. The highest BCUT2D eigenvalue weighted by atomic mass is 32.2. The summed E-state index contributed by atoms with van der Waals surface area (Å²) in [5, 5.41) is 2.91. The molecular formula is C21H31N3O3S. The van der Waals surface area contributed by atoms with Crippen molar-refractivity contribution in [2.24, 2.45) is 5.92 Å². The summed E-state index contributed by atoms with van der Waals surface area (Å²) in [7, 11) is -1.52. The molecule has 0 spiro atoms. The van der Waals surface area contributed by atoms with Gasteiger partial charge in [0.05, 0.1) is 5.75 Å². The van der Waals surface area contributed by atoms with Gasteiger partial charge in [-0.1, -0.05) is 6.07 Å². The highest BCUT2D eigenvalue weighted by Crippen LogP contribution is 2.38. The second-order valence-electron chi connectivity index (χ2n) is 8.64. The Balaban J connectivity index is 1.38. The maximum Gasteiger partial charge on any atom is 0.332 e. The number of hydrogen-bond donors (Lipinski definition) is 2. The number of carbonyl (C=O) groups excluding carboxylic acids is 1. The molecule has 1 aromatic rings. The van der Waals surface area contributed by atoms with Crippen molar-refractivity contribution in [3.05, 3.63) is 28.3 Å². The van der Waals surface area contributed by atoms with Gasteiger partial charge in [-0.15, -0.1) is 0 Å². The van der Waals surface area contributed by atoms with Crippen molar-refractivity contribution < 1.29 is 13.2 Å². The minimum atomic E-state index is -3.62. The largest absolute Gasteiger partial charge is 0.332 e. The summed E-state index contributed by atoms with van der Waals surface area (Å²) in [4.78, 5) is 14.8. The molecule has 2 aliphatic carbocycles. The van der Waals surface area contributed by atoms with E-state index in [2.05, 4.69) is 28.1 Å². The Morgan fingerprint density at radius 1 is 1.07 bits per heavy atom. The number of rotatable bonds is 5. The van der Waals surface area contributed by atoms with Gasteiger partial charge in [-0.2, -0.15) is 0 Å². The molecule has 1 heterocycles. The Morgan fingerprint density at radius 3 is 2.29 bits per heavy atom.